The van der Waals surface area contributed by atoms with E-state index in [9.17, 15) is 39.6 Å². The topological polar surface area (TPSA) is 195 Å². The maximum absolute atomic E-state index is 12.8. The summed E-state index contributed by atoms with van der Waals surface area (Å²) in [5, 5.41) is 47.5. The van der Waals surface area contributed by atoms with E-state index in [1.807, 2.05) is 0 Å². The van der Waals surface area contributed by atoms with E-state index >= 15 is 0 Å². The Morgan fingerprint density at radius 3 is 2.16 bits per heavy atom. The van der Waals surface area contributed by atoms with Crippen molar-refractivity contribution in [3.63, 3.8) is 0 Å². The zero-order chi connectivity index (χ0) is 27.4. The molecular weight excluding hydrogens is 498 g/mol. The van der Waals surface area contributed by atoms with E-state index in [1.165, 1.54) is 48.5 Å². The highest BCUT2D eigenvalue weighted by Gasteiger charge is 2.33. The van der Waals surface area contributed by atoms with Crippen molar-refractivity contribution >= 4 is 29.4 Å². The minimum atomic E-state index is -1.29. The first kappa shape index (κ1) is 26.0. The van der Waals surface area contributed by atoms with Crippen LogP contribution in [0.15, 0.2) is 60.7 Å². The summed E-state index contributed by atoms with van der Waals surface area (Å²) >= 11 is 0. The molecule has 2 atom stereocenters. The predicted octanol–water partition coefficient (Wildman–Crippen LogP) is 1.68. The first-order valence-corrected chi connectivity index (χ1v) is 11.3. The Hall–Kier alpha value is -5.10. The molecule has 1 aliphatic rings. The molecule has 0 aromatic heterocycles. The highest BCUT2D eigenvalue weighted by atomic mass is 16.5. The molecule has 4 rings (SSSR count). The van der Waals surface area contributed by atoms with E-state index in [2.05, 4.69) is 16.0 Å². The van der Waals surface area contributed by atoms with Gasteiger partial charge in [0.15, 0.2) is 0 Å². The van der Waals surface area contributed by atoms with Crippen LogP contribution in [0.2, 0.25) is 0 Å². The lowest BCUT2D eigenvalue weighted by molar-refractivity contribution is 0.0282. The Bertz CT molecular complexity index is 1380. The SMILES string of the molecule is O=C(N[C@@H]1CNC[C@H]1OC(=O)c1cc(O)c(C(=O)Nc2ccccc2C(=O)O)c(O)c1)c1ccc(O)cc1. The van der Waals surface area contributed by atoms with Gasteiger partial charge in [-0.05, 0) is 48.5 Å². The van der Waals surface area contributed by atoms with Crippen LogP contribution < -0.4 is 16.0 Å². The molecule has 1 aliphatic heterocycles. The second-order valence-electron chi connectivity index (χ2n) is 8.42. The van der Waals surface area contributed by atoms with Crippen LogP contribution in [0, 0.1) is 0 Å². The van der Waals surface area contributed by atoms with Crippen LogP contribution >= 0.6 is 0 Å². The number of carboxylic acid groups (broad SMARTS) is 1. The molecule has 1 saturated heterocycles. The minimum Gasteiger partial charge on any atom is -0.508 e. The summed E-state index contributed by atoms with van der Waals surface area (Å²) in [7, 11) is 0. The van der Waals surface area contributed by atoms with Crippen LogP contribution in [0.4, 0.5) is 5.69 Å². The number of phenols is 3. The van der Waals surface area contributed by atoms with Crippen molar-refractivity contribution in [2.24, 2.45) is 0 Å². The van der Waals surface area contributed by atoms with Crippen LogP contribution in [-0.2, 0) is 4.74 Å². The fraction of sp³-hybridized carbons (Fsp3) is 0.154. The lowest BCUT2D eigenvalue weighted by Crippen LogP contribution is -2.44. The lowest BCUT2D eigenvalue weighted by Gasteiger charge is -2.21. The van der Waals surface area contributed by atoms with Crippen molar-refractivity contribution in [3.8, 4) is 17.2 Å². The summed E-state index contributed by atoms with van der Waals surface area (Å²) in [5.74, 6) is -5.09. The Kier molecular flexibility index (Phi) is 7.44. The number of phenolic OH excluding ortho intramolecular Hbond substituents is 3. The highest BCUT2D eigenvalue weighted by Crippen LogP contribution is 2.31. The maximum Gasteiger partial charge on any atom is 0.338 e. The summed E-state index contributed by atoms with van der Waals surface area (Å²) < 4.78 is 5.47. The number of hydrogen-bond donors (Lipinski definition) is 7. The number of ether oxygens (including phenoxy) is 1. The van der Waals surface area contributed by atoms with Crippen molar-refractivity contribution in [3.05, 3.63) is 82.9 Å². The van der Waals surface area contributed by atoms with Gasteiger partial charge < -0.3 is 41.1 Å². The second-order valence-corrected chi connectivity index (χ2v) is 8.42. The average molecular weight is 521 g/mol. The Balaban J connectivity index is 1.45. The predicted molar refractivity (Wildman–Crippen MR) is 133 cm³/mol. The highest BCUT2D eigenvalue weighted by molar-refractivity contribution is 6.11. The molecule has 7 N–H and O–H groups in total. The van der Waals surface area contributed by atoms with Gasteiger partial charge in [0.2, 0.25) is 0 Å². The van der Waals surface area contributed by atoms with Gasteiger partial charge in [-0.25, -0.2) is 9.59 Å². The van der Waals surface area contributed by atoms with Crippen LogP contribution in [0.1, 0.15) is 41.4 Å². The van der Waals surface area contributed by atoms with E-state index in [1.54, 1.807) is 0 Å². The molecule has 0 saturated carbocycles. The van der Waals surface area contributed by atoms with E-state index in [0.29, 0.717) is 12.1 Å². The minimum absolute atomic E-state index is 0.0102. The number of aromatic carboxylic acids is 1. The smallest absolute Gasteiger partial charge is 0.338 e. The van der Waals surface area contributed by atoms with Crippen LogP contribution in [0.3, 0.4) is 0 Å². The third-order valence-corrected chi connectivity index (χ3v) is 5.83. The lowest BCUT2D eigenvalue weighted by atomic mass is 10.1. The first-order valence-electron chi connectivity index (χ1n) is 11.3. The molecule has 3 aromatic carbocycles. The largest absolute Gasteiger partial charge is 0.508 e. The second kappa shape index (κ2) is 10.9. The Morgan fingerprint density at radius 2 is 1.50 bits per heavy atom. The number of aromatic hydroxyl groups is 3. The molecule has 1 heterocycles. The number of benzene rings is 3. The van der Waals surface area contributed by atoms with Gasteiger partial charge in [-0.2, -0.15) is 0 Å². The number of amides is 2. The van der Waals surface area contributed by atoms with Gasteiger partial charge in [-0.3, -0.25) is 9.59 Å². The molecular formula is C26H23N3O9. The number of para-hydroxylation sites is 1. The van der Waals surface area contributed by atoms with Gasteiger partial charge >= 0.3 is 11.9 Å². The zero-order valence-corrected chi connectivity index (χ0v) is 19.7. The molecule has 0 radical (unpaired) electrons. The molecule has 12 heteroatoms. The fourth-order valence-electron chi connectivity index (χ4n) is 3.92. The number of esters is 1. The van der Waals surface area contributed by atoms with Gasteiger partial charge in [-0.15, -0.1) is 0 Å². The summed E-state index contributed by atoms with van der Waals surface area (Å²) in [5.41, 5.74) is -0.769. The molecule has 1 fully saturated rings. The Morgan fingerprint density at radius 1 is 0.842 bits per heavy atom. The quantitative estimate of drug-likeness (QED) is 0.225. The van der Waals surface area contributed by atoms with E-state index in [4.69, 9.17) is 4.74 Å². The number of carbonyl (C=O) groups is 4. The van der Waals surface area contributed by atoms with E-state index in [0.717, 1.165) is 12.1 Å². The first-order chi connectivity index (χ1) is 18.1. The van der Waals surface area contributed by atoms with Crippen molar-refractivity contribution in [2.75, 3.05) is 18.4 Å². The van der Waals surface area contributed by atoms with Crippen LogP contribution in [0.5, 0.6) is 17.2 Å². The standard InChI is InChI=1S/C26H23N3O9/c30-15-7-5-13(6-8-15)23(33)29-18-11-27-12-21(18)38-26(37)14-9-19(31)22(20(32)10-14)24(34)28-17-4-2-1-3-16(17)25(35)36/h1-10,18,21,27,30-32H,11-12H2,(H,28,34)(H,29,33)(H,35,36)/t18-,21-/m1/s1. The molecule has 3 aromatic rings. The molecule has 0 unspecified atom stereocenters. The maximum atomic E-state index is 12.8. The number of rotatable bonds is 7. The summed E-state index contributed by atoms with van der Waals surface area (Å²) in [6, 6.07) is 12.5. The van der Waals surface area contributed by atoms with Gasteiger partial charge in [0.25, 0.3) is 11.8 Å². The summed E-state index contributed by atoms with van der Waals surface area (Å²) in [4.78, 5) is 49.3. The van der Waals surface area contributed by atoms with Crippen molar-refractivity contribution in [2.45, 2.75) is 12.1 Å². The molecule has 0 spiro atoms. The van der Waals surface area contributed by atoms with E-state index < -0.39 is 53.0 Å². The van der Waals surface area contributed by atoms with Crippen LogP contribution in [-0.4, -0.2) is 69.4 Å². The normalized spacial score (nSPS) is 16.4. The number of hydrogen-bond acceptors (Lipinski definition) is 9. The van der Waals surface area contributed by atoms with Gasteiger partial charge in [0, 0.05) is 18.7 Å². The third-order valence-electron chi connectivity index (χ3n) is 5.83. The molecule has 38 heavy (non-hydrogen) atoms. The number of carboxylic acids is 1. The fourth-order valence-corrected chi connectivity index (χ4v) is 3.92. The molecule has 0 bridgehead atoms. The monoisotopic (exact) mass is 521 g/mol. The summed E-state index contributed by atoms with van der Waals surface area (Å²) in [6.07, 6.45) is -0.775. The van der Waals surface area contributed by atoms with Gasteiger partial charge in [0.05, 0.1) is 22.9 Å². The number of nitrogens with one attached hydrogen (secondary N) is 3. The third kappa shape index (κ3) is 5.65. The number of carbonyl (C=O) groups excluding carboxylic acids is 3. The molecule has 12 nitrogen and oxygen atoms in total. The molecule has 2 amide bonds. The number of anilines is 1. The zero-order valence-electron chi connectivity index (χ0n) is 19.7. The van der Waals surface area contributed by atoms with E-state index in [-0.39, 0.29) is 29.1 Å². The average Bonchev–Trinajstić information content (AvgIpc) is 3.30. The molecule has 196 valence electrons. The van der Waals surface area contributed by atoms with Crippen molar-refractivity contribution in [1.29, 1.82) is 0 Å². The Labute approximate surface area is 215 Å². The van der Waals surface area contributed by atoms with Crippen molar-refractivity contribution in [1.82, 2.24) is 10.6 Å². The van der Waals surface area contributed by atoms with Gasteiger partial charge in [0.1, 0.15) is 28.9 Å². The van der Waals surface area contributed by atoms with Crippen molar-refractivity contribution < 1.29 is 44.3 Å². The molecule has 0 aliphatic carbocycles. The summed E-state index contributed by atoms with van der Waals surface area (Å²) in [6.45, 7) is 0.545. The van der Waals surface area contributed by atoms with Gasteiger partial charge in [-0.1, -0.05) is 12.1 Å². The van der Waals surface area contributed by atoms with Crippen LogP contribution in [0.25, 0.3) is 0 Å².